The minimum absolute atomic E-state index is 0.106. The summed E-state index contributed by atoms with van der Waals surface area (Å²) in [5, 5.41) is 10.5. The average molecular weight is 1210 g/mol. The van der Waals surface area contributed by atoms with Gasteiger partial charge in [0, 0.05) is 25.7 Å². The number of carbonyl (C=O) groups is 4. The molecule has 0 aromatic rings. The predicted molar refractivity (Wildman–Crippen MR) is 326 cm³/mol. The molecule has 0 radical (unpaired) electrons. The van der Waals surface area contributed by atoms with Crippen molar-refractivity contribution in [1.82, 2.24) is 0 Å². The van der Waals surface area contributed by atoms with E-state index >= 15 is 0 Å². The van der Waals surface area contributed by atoms with Crippen LogP contribution in [0.15, 0.2) is 0 Å². The number of phosphoric acid groups is 2. The summed E-state index contributed by atoms with van der Waals surface area (Å²) in [5.74, 6) is -1.40. The number of hydrogen-bond acceptors (Lipinski definition) is 15. The molecule has 82 heavy (non-hydrogen) atoms. The molecule has 0 saturated heterocycles. The first kappa shape index (κ1) is 80.1. The molecule has 6 atom stereocenters. The van der Waals surface area contributed by atoms with Crippen molar-refractivity contribution in [3.63, 3.8) is 0 Å². The topological polar surface area (TPSA) is 237 Å². The SMILES string of the molecule is CCCCCCCCCCCCCCC(=O)O[C@H](COC(=O)CCCCCCCCC(C)CC)COP(=O)(O)OC[C@@H](O)COP(=O)(O)OC[C@@H](COC(=O)CCCCCCCCCCCC)OC(=O)CCCCCCCCCCCC. The van der Waals surface area contributed by atoms with Gasteiger partial charge >= 0.3 is 39.5 Å². The first-order valence-electron chi connectivity index (χ1n) is 33.2. The zero-order chi connectivity index (χ0) is 60.6. The molecule has 19 heteroatoms. The molecule has 486 valence electrons. The van der Waals surface area contributed by atoms with Gasteiger partial charge in [-0.15, -0.1) is 0 Å². The summed E-state index contributed by atoms with van der Waals surface area (Å²) in [4.78, 5) is 72.1. The Labute approximate surface area is 498 Å². The Hall–Kier alpha value is -1.94. The van der Waals surface area contributed by atoms with Crippen LogP contribution in [0.4, 0.5) is 0 Å². The van der Waals surface area contributed by atoms with Gasteiger partial charge in [-0.3, -0.25) is 37.3 Å². The second kappa shape index (κ2) is 56.8. The minimum Gasteiger partial charge on any atom is -0.462 e. The third-order valence-electron chi connectivity index (χ3n) is 14.9. The summed E-state index contributed by atoms with van der Waals surface area (Å²) >= 11 is 0. The molecule has 0 aliphatic heterocycles. The Morgan fingerprint density at radius 2 is 0.585 bits per heavy atom. The molecule has 17 nitrogen and oxygen atoms in total. The molecule has 0 aromatic heterocycles. The van der Waals surface area contributed by atoms with Crippen LogP contribution in [0.5, 0.6) is 0 Å². The van der Waals surface area contributed by atoms with Gasteiger partial charge in [-0.2, -0.15) is 0 Å². The van der Waals surface area contributed by atoms with Crippen molar-refractivity contribution in [2.24, 2.45) is 5.92 Å². The molecule has 0 saturated carbocycles. The van der Waals surface area contributed by atoms with Gasteiger partial charge in [-0.05, 0) is 31.6 Å². The lowest BCUT2D eigenvalue weighted by Gasteiger charge is -2.21. The van der Waals surface area contributed by atoms with Crippen molar-refractivity contribution in [1.29, 1.82) is 0 Å². The molecule has 0 fully saturated rings. The highest BCUT2D eigenvalue weighted by Crippen LogP contribution is 2.45. The van der Waals surface area contributed by atoms with Crippen molar-refractivity contribution >= 4 is 39.5 Å². The maximum absolute atomic E-state index is 13.0. The van der Waals surface area contributed by atoms with Crippen LogP contribution in [0, 0.1) is 5.92 Å². The number of carbonyl (C=O) groups excluding carboxylic acids is 4. The van der Waals surface area contributed by atoms with E-state index in [4.69, 9.17) is 37.0 Å². The molecule has 0 aromatic carbocycles. The van der Waals surface area contributed by atoms with Crippen LogP contribution >= 0.6 is 15.6 Å². The van der Waals surface area contributed by atoms with Crippen molar-refractivity contribution < 1.29 is 80.2 Å². The van der Waals surface area contributed by atoms with Crippen LogP contribution in [0.1, 0.15) is 317 Å². The van der Waals surface area contributed by atoms with Gasteiger partial charge in [-0.1, -0.05) is 266 Å². The number of hydrogen-bond donors (Lipinski definition) is 3. The van der Waals surface area contributed by atoms with Gasteiger partial charge in [0.2, 0.25) is 0 Å². The van der Waals surface area contributed by atoms with Crippen LogP contribution in [-0.2, 0) is 65.4 Å². The molecule has 0 aliphatic rings. The standard InChI is InChI=1S/C63H122O17P2/c1-6-10-13-16-19-22-25-26-29-32-39-44-49-63(68)80-59(53-74-61(66)47-42-37-34-33-35-40-45-56(5)9-4)55-78-82(71,72)76-51-57(64)50-75-81(69,70)77-54-58(79-62(67)48-43-38-31-28-24-21-18-15-12-8-3)52-73-60(65)46-41-36-30-27-23-20-17-14-11-7-2/h56-59,64H,6-55H2,1-5H3,(H,69,70)(H,71,72)/t56?,57-,58+,59+/m0/s1. The second-order valence-electron chi connectivity index (χ2n) is 23.0. The predicted octanol–water partition coefficient (Wildman–Crippen LogP) is 17.4. The zero-order valence-electron chi connectivity index (χ0n) is 52.6. The lowest BCUT2D eigenvalue weighted by Crippen LogP contribution is -2.30. The van der Waals surface area contributed by atoms with E-state index in [9.17, 15) is 43.2 Å². The Kier molecular flexibility index (Phi) is 55.5. The zero-order valence-corrected chi connectivity index (χ0v) is 54.4. The van der Waals surface area contributed by atoms with E-state index in [1.807, 2.05) is 0 Å². The highest BCUT2D eigenvalue weighted by molar-refractivity contribution is 7.47. The fraction of sp³-hybridized carbons (Fsp3) is 0.937. The van der Waals surface area contributed by atoms with Crippen molar-refractivity contribution in [3.05, 3.63) is 0 Å². The quantitative estimate of drug-likeness (QED) is 0.0222. The van der Waals surface area contributed by atoms with E-state index in [-0.39, 0.29) is 25.7 Å². The number of phosphoric ester groups is 2. The third-order valence-corrected chi connectivity index (χ3v) is 16.8. The molecular weight excluding hydrogens is 1090 g/mol. The summed E-state index contributed by atoms with van der Waals surface area (Å²) in [7, 11) is -9.88. The maximum Gasteiger partial charge on any atom is 0.472 e. The van der Waals surface area contributed by atoms with Gasteiger partial charge in [0.05, 0.1) is 26.4 Å². The van der Waals surface area contributed by atoms with E-state index in [0.29, 0.717) is 25.7 Å². The van der Waals surface area contributed by atoms with Gasteiger partial charge in [0.15, 0.2) is 12.2 Å². The third kappa shape index (κ3) is 55.9. The summed E-state index contributed by atoms with van der Waals surface area (Å²) in [6.45, 7) is 7.13. The molecule has 0 bridgehead atoms. The normalized spacial score (nSPS) is 14.6. The summed E-state index contributed by atoms with van der Waals surface area (Å²) in [6, 6.07) is 0. The van der Waals surface area contributed by atoms with Crippen LogP contribution in [0.25, 0.3) is 0 Å². The highest BCUT2D eigenvalue weighted by Gasteiger charge is 2.30. The van der Waals surface area contributed by atoms with E-state index in [2.05, 4.69) is 34.6 Å². The Morgan fingerprint density at radius 3 is 0.866 bits per heavy atom. The smallest absolute Gasteiger partial charge is 0.462 e. The van der Waals surface area contributed by atoms with E-state index < -0.39 is 97.5 Å². The highest BCUT2D eigenvalue weighted by atomic mass is 31.2. The first-order valence-corrected chi connectivity index (χ1v) is 36.2. The van der Waals surface area contributed by atoms with Crippen molar-refractivity contribution in [2.75, 3.05) is 39.6 Å². The number of unbranched alkanes of at least 4 members (excludes halogenated alkanes) is 34. The largest absolute Gasteiger partial charge is 0.472 e. The lowest BCUT2D eigenvalue weighted by atomic mass is 10.00. The molecule has 3 N–H and O–H groups in total. The van der Waals surface area contributed by atoms with E-state index in [1.54, 1.807) is 0 Å². The number of aliphatic hydroxyl groups excluding tert-OH is 1. The van der Waals surface area contributed by atoms with Crippen LogP contribution in [0.3, 0.4) is 0 Å². The summed E-state index contributed by atoms with van der Waals surface area (Å²) in [5.41, 5.74) is 0. The van der Waals surface area contributed by atoms with E-state index in [0.717, 1.165) is 102 Å². The fourth-order valence-corrected chi connectivity index (χ4v) is 11.0. The van der Waals surface area contributed by atoms with Gasteiger partial charge in [-0.25, -0.2) is 9.13 Å². The Morgan fingerprint density at radius 1 is 0.341 bits per heavy atom. The summed E-state index contributed by atoms with van der Waals surface area (Å²) < 4.78 is 67.9. The molecule has 0 heterocycles. The van der Waals surface area contributed by atoms with Crippen molar-refractivity contribution in [2.45, 2.75) is 335 Å². The minimum atomic E-state index is -4.94. The fourth-order valence-electron chi connectivity index (χ4n) is 9.37. The molecule has 3 unspecified atom stereocenters. The lowest BCUT2D eigenvalue weighted by molar-refractivity contribution is -0.161. The number of aliphatic hydroxyl groups is 1. The Balaban J connectivity index is 5.24. The maximum atomic E-state index is 13.0. The van der Waals surface area contributed by atoms with Gasteiger partial charge < -0.3 is 33.8 Å². The first-order chi connectivity index (χ1) is 39.6. The van der Waals surface area contributed by atoms with Crippen LogP contribution in [-0.4, -0.2) is 96.7 Å². The van der Waals surface area contributed by atoms with E-state index in [1.165, 1.54) is 135 Å². The number of ether oxygens (including phenoxy) is 4. The molecule has 0 rings (SSSR count). The molecular formula is C63H122O17P2. The summed E-state index contributed by atoms with van der Waals surface area (Å²) in [6.07, 6.45) is 40.2. The van der Waals surface area contributed by atoms with Crippen molar-refractivity contribution in [3.8, 4) is 0 Å². The number of esters is 4. The van der Waals surface area contributed by atoms with Gasteiger partial charge in [0.1, 0.15) is 19.3 Å². The Bertz CT molecular complexity index is 1600. The molecule has 0 amide bonds. The number of rotatable bonds is 63. The average Bonchev–Trinajstić information content (AvgIpc) is 3.45. The van der Waals surface area contributed by atoms with Gasteiger partial charge in [0.25, 0.3) is 0 Å². The molecule has 0 spiro atoms. The monoisotopic (exact) mass is 1210 g/mol. The second-order valence-corrected chi connectivity index (χ2v) is 25.9. The molecule has 0 aliphatic carbocycles. The van der Waals surface area contributed by atoms with Crippen LogP contribution < -0.4 is 0 Å². The van der Waals surface area contributed by atoms with Crippen LogP contribution in [0.2, 0.25) is 0 Å².